The molecule has 1 N–H and O–H groups in total. The van der Waals surface area contributed by atoms with Gasteiger partial charge in [0, 0.05) is 6.54 Å². The van der Waals surface area contributed by atoms with Crippen LogP contribution in [0.4, 0.5) is 0 Å². The summed E-state index contributed by atoms with van der Waals surface area (Å²) in [5.74, 6) is 0.602. The first-order chi connectivity index (χ1) is 10.0. The number of amides is 1. The fourth-order valence-electron chi connectivity index (χ4n) is 1.99. The number of hydrogen-bond donors (Lipinski definition) is 1. The molecule has 0 aliphatic carbocycles. The highest BCUT2D eigenvalue weighted by atomic mass is 16.5. The molecule has 0 saturated carbocycles. The molecule has 0 aromatic heterocycles. The predicted octanol–water partition coefficient (Wildman–Crippen LogP) is 3.39. The van der Waals surface area contributed by atoms with E-state index in [4.69, 9.17) is 4.74 Å². The van der Waals surface area contributed by atoms with Gasteiger partial charge in [-0.1, -0.05) is 42.0 Å². The van der Waals surface area contributed by atoms with Gasteiger partial charge in [0.05, 0.1) is 0 Å². The molecule has 2 aromatic rings. The molecule has 2 rings (SSSR count). The Labute approximate surface area is 126 Å². The topological polar surface area (TPSA) is 38.3 Å². The van der Waals surface area contributed by atoms with E-state index in [2.05, 4.69) is 5.32 Å². The molecular weight excluding hydrogens is 262 g/mol. The molecule has 3 heteroatoms. The van der Waals surface area contributed by atoms with Crippen molar-refractivity contribution in [2.75, 3.05) is 0 Å². The first-order valence-electron chi connectivity index (χ1n) is 7.11. The van der Waals surface area contributed by atoms with E-state index in [1.165, 1.54) is 5.56 Å². The largest absolute Gasteiger partial charge is 0.481 e. The Morgan fingerprint density at radius 2 is 1.81 bits per heavy atom. The highest BCUT2D eigenvalue weighted by molar-refractivity contribution is 5.80. The van der Waals surface area contributed by atoms with Crippen LogP contribution >= 0.6 is 0 Å². The molecule has 0 bridgehead atoms. The van der Waals surface area contributed by atoms with E-state index in [1.807, 2.05) is 62.4 Å². The lowest BCUT2D eigenvalue weighted by atomic mass is 10.1. The summed E-state index contributed by atoms with van der Waals surface area (Å²) < 4.78 is 5.65. The smallest absolute Gasteiger partial charge is 0.261 e. The second-order valence-electron chi connectivity index (χ2n) is 5.28. The van der Waals surface area contributed by atoms with Crippen molar-refractivity contribution in [1.82, 2.24) is 5.32 Å². The second-order valence-corrected chi connectivity index (χ2v) is 5.28. The highest BCUT2D eigenvalue weighted by Crippen LogP contribution is 2.14. The predicted molar refractivity (Wildman–Crippen MR) is 84.3 cm³/mol. The lowest BCUT2D eigenvalue weighted by Crippen LogP contribution is -2.35. The fourth-order valence-corrected chi connectivity index (χ4v) is 1.99. The van der Waals surface area contributed by atoms with Crippen molar-refractivity contribution in [2.45, 2.75) is 33.4 Å². The molecule has 0 aliphatic heterocycles. The molecule has 0 unspecified atom stereocenters. The van der Waals surface area contributed by atoms with Crippen molar-refractivity contribution in [3.8, 4) is 5.75 Å². The van der Waals surface area contributed by atoms with Gasteiger partial charge in [-0.3, -0.25) is 4.79 Å². The van der Waals surface area contributed by atoms with Crippen LogP contribution in [0.15, 0.2) is 48.5 Å². The maximum atomic E-state index is 12.0. The van der Waals surface area contributed by atoms with Gasteiger partial charge in [0.1, 0.15) is 5.75 Å². The third kappa shape index (κ3) is 4.63. The van der Waals surface area contributed by atoms with Gasteiger partial charge in [-0.05, 0) is 44.0 Å². The van der Waals surface area contributed by atoms with E-state index in [1.54, 1.807) is 6.92 Å². The summed E-state index contributed by atoms with van der Waals surface area (Å²) in [6, 6.07) is 15.8. The number of rotatable bonds is 5. The Morgan fingerprint density at radius 1 is 1.10 bits per heavy atom. The van der Waals surface area contributed by atoms with Crippen molar-refractivity contribution in [1.29, 1.82) is 0 Å². The first-order valence-corrected chi connectivity index (χ1v) is 7.11. The van der Waals surface area contributed by atoms with Gasteiger partial charge in [0.25, 0.3) is 5.91 Å². The standard InChI is InChI=1S/C18H21NO2/c1-13-7-9-16(10-8-13)12-19-18(20)15(3)21-17-6-4-5-14(2)11-17/h4-11,15H,12H2,1-3H3,(H,19,20)/t15-/m1/s1. The van der Waals surface area contributed by atoms with Gasteiger partial charge in [-0.2, -0.15) is 0 Å². The minimum absolute atomic E-state index is 0.114. The number of ether oxygens (including phenoxy) is 1. The Hall–Kier alpha value is -2.29. The second kappa shape index (κ2) is 6.93. The molecule has 0 spiro atoms. The number of benzene rings is 2. The Balaban J connectivity index is 1.86. The summed E-state index contributed by atoms with van der Waals surface area (Å²) in [7, 11) is 0. The van der Waals surface area contributed by atoms with Crippen LogP contribution in [0.25, 0.3) is 0 Å². The van der Waals surface area contributed by atoms with E-state index in [0.29, 0.717) is 12.3 Å². The average Bonchev–Trinajstić information content (AvgIpc) is 2.46. The van der Waals surface area contributed by atoms with Gasteiger partial charge >= 0.3 is 0 Å². The highest BCUT2D eigenvalue weighted by Gasteiger charge is 2.14. The number of hydrogen-bond acceptors (Lipinski definition) is 2. The van der Waals surface area contributed by atoms with Crippen LogP contribution in [0.1, 0.15) is 23.6 Å². The third-order valence-electron chi connectivity index (χ3n) is 3.26. The SMILES string of the molecule is Cc1ccc(CNC(=O)[C@@H](C)Oc2cccc(C)c2)cc1. The molecule has 0 saturated heterocycles. The van der Waals surface area contributed by atoms with Crippen LogP contribution in [0.3, 0.4) is 0 Å². The number of nitrogens with one attached hydrogen (secondary N) is 1. The van der Waals surface area contributed by atoms with Gasteiger partial charge in [0.2, 0.25) is 0 Å². The van der Waals surface area contributed by atoms with Crippen LogP contribution in [0.5, 0.6) is 5.75 Å². The molecule has 0 fully saturated rings. The van der Waals surface area contributed by atoms with E-state index in [0.717, 1.165) is 11.1 Å². The number of carbonyl (C=O) groups excluding carboxylic acids is 1. The monoisotopic (exact) mass is 283 g/mol. The summed E-state index contributed by atoms with van der Waals surface area (Å²) in [4.78, 5) is 12.0. The Morgan fingerprint density at radius 3 is 2.48 bits per heavy atom. The molecule has 2 aromatic carbocycles. The molecule has 0 radical (unpaired) electrons. The maximum absolute atomic E-state index is 12.0. The average molecular weight is 283 g/mol. The summed E-state index contributed by atoms with van der Waals surface area (Å²) in [6.07, 6.45) is -0.516. The van der Waals surface area contributed by atoms with Crippen LogP contribution in [-0.4, -0.2) is 12.0 Å². The van der Waals surface area contributed by atoms with Gasteiger partial charge in [0.15, 0.2) is 6.10 Å². The van der Waals surface area contributed by atoms with Crippen molar-refractivity contribution >= 4 is 5.91 Å². The van der Waals surface area contributed by atoms with Crippen LogP contribution in [-0.2, 0) is 11.3 Å². The first kappa shape index (κ1) is 15.1. The molecule has 0 aliphatic rings. The maximum Gasteiger partial charge on any atom is 0.261 e. The molecule has 110 valence electrons. The van der Waals surface area contributed by atoms with Gasteiger partial charge in [-0.15, -0.1) is 0 Å². The number of aryl methyl sites for hydroxylation is 2. The molecule has 1 amide bonds. The van der Waals surface area contributed by atoms with Crippen LogP contribution in [0, 0.1) is 13.8 Å². The zero-order valence-electron chi connectivity index (χ0n) is 12.7. The van der Waals surface area contributed by atoms with E-state index in [9.17, 15) is 4.79 Å². The van der Waals surface area contributed by atoms with Crippen molar-refractivity contribution in [2.24, 2.45) is 0 Å². The lowest BCUT2D eigenvalue weighted by molar-refractivity contribution is -0.127. The van der Waals surface area contributed by atoms with E-state index < -0.39 is 6.10 Å². The van der Waals surface area contributed by atoms with Gasteiger partial charge < -0.3 is 10.1 Å². The van der Waals surface area contributed by atoms with Gasteiger partial charge in [-0.25, -0.2) is 0 Å². The van der Waals surface area contributed by atoms with E-state index in [-0.39, 0.29) is 5.91 Å². The molecule has 21 heavy (non-hydrogen) atoms. The summed E-state index contributed by atoms with van der Waals surface area (Å²) in [5.41, 5.74) is 3.40. The summed E-state index contributed by atoms with van der Waals surface area (Å²) in [6.45, 7) is 6.31. The van der Waals surface area contributed by atoms with Crippen molar-refractivity contribution < 1.29 is 9.53 Å². The molecule has 1 atom stereocenters. The zero-order valence-corrected chi connectivity index (χ0v) is 12.7. The number of carbonyl (C=O) groups is 1. The lowest BCUT2D eigenvalue weighted by Gasteiger charge is -2.15. The molecule has 3 nitrogen and oxygen atoms in total. The third-order valence-corrected chi connectivity index (χ3v) is 3.26. The minimum Gasteiger partial charge on any atom is -0.481 e. The molecular formula is C18H21NO2. The Kier molecular flexibility index (Phi) is 4.99. The van der Waals surface area contributed by atoms with E-state index >= 15 is 0 Å². The summed E-state index contributed by atoms with van der Waals surface area (Å²) >= 11 is 0. The molecule has 0 heterocycles. The summed E-state index contributed by atoms with van der Waals surface area (Å²) in [5, 5.41) is 2.89. The Bertz CT molecular complexity index is 605. The van der Waals surface area contributed by atoms with Crippen molar-refractivity contribution in [3.05, 3.63) is 65.2 Å². The van der Waals surface area contributed by atoms with Crippen LogP contribution < -0.4 is 10.1 Å². The van der Waals surface area contributed by atoms with Crippen LogP contribution in [0.2, 0.25) is 0 Å². The normalized spacial score (nSPS) is 11.8. The minimum atomic E-state index is -0.516. The van der Waals surface area contributed by atoms with Crippen molar-refractivity contribution in [3.63, 3.8) is 0 Å². The quantitative estimate of drug-likeness (QED) is 0.913. The fraction of sp³-hybridized carbons (Fsp3) is 0.278. The zero-order chi connectivity index (χ0) is 15.2.